The minimum absolute atomic E-state index is 0.0481. The third-order valence-corrected chi connectivity index (χ3v) is 5.26. The minimum atomic E-state index is -0.829. The van der Waals surface area contributed by atoms with Crippen molar-refractivity contribution in [2.24, 2.45) is 0 Å². The van der Waals surface area contributed by atoms with Crippen molar-refractivity contribution in [2.45, 2.75) is 25.0 Å². The highest BCUT2D eigenvalue weighted by atomic mass is 16.3. The van der Waals surface area contributed by atoms with Crippen LogP contribution >= 0.6 is 0 Å². The summed E-state index contributed by atoms with van der Waals surface area (Å²) < 4.78 is 0. The van der Waals surface area contributed by atoms with Crippen LogP contribution in [0.2, 0.25) is 0 Å². The van der Waals surface area contributed by atoms with Crippen LogP contribution < -0.4 is 0 Å². The molecular weight excluding hydrogens is 314 g/mol. The number of nitrogens with zero attached hydrogens (tertiary/aromatic N) is 3. The van der Waals surface area contributed by atoms with Crippen LogP contribution in [-0.4, -0.2) is 57.6 Å². The Labute approximate surface area is 147 Å². The Morgan fingerprint density at radius 3 is 2.80 bits per heavy atom. The molecule has 1 aromatic heterocycles. The molecule has 5 heteroatoms. The smallest absolute Gasteiger partial charge is 0.255 e. The van der Waals surface area contributed by atoms with E-state index in [9.17, 15) is 9.90 Å². The Morgan fingerprint density at radius 1 is 1.16 bits per heavy atom. The van der Waals surface area contributed by atoms with Gasteiger partial charge in [-0.3, -0.25) is 14.7 Å². The largest absolute Gasteiger partial charge is 0.387 e. The van der Waals surface area contributed by atoms with Crippen LogP contribution in [-0.2, 0) is 13.0 Å². The first-order valence-corrected chi connectivity index (χ1v) is 8.84. The van der Waals surface area contributed by atoms with Gasteiger partial charge in [0.05, 0.1) is 17.7 Å². The first kappa shape index (κ1) is 16.2. The van der Waals surface area contributed by atoms with Crippen LogP contribution in [0.1, 0.15) is 27.9 Å². The standard InChI is InChI=1S/C20H23N3O2/c24-19(17-6-3-9-21-12-17)23-11-8-20(25,15-23)14-22-10-7-16-4-1-2-5-18(16)13-22/h1-6,9,12,25H,7-8,10-11,13-15H2. The van der Waals surface area contributed by atoms with Gasteiger partial charge in [0.25, 0.3) is 5.91 Å². The highest BCUT2D eigenvalue weighted by Crippen LogP contribution is 2.27. The second-order valence-corrected chi connectivity index (χ2v) is 7.17. The van der Waals surface area contributed by atoms with Crippen molar-refractivity contribution >= 4 is 5.91 Å². The first-order chi connectivity index (χ1) is 12.1. The molecule has 1 saturated heterocycles. The topological polar surface area (TPSA) is 56.7 Å². The molecule has 130 valence electrons. The van der Waals surface area contributed by atoms with E-state index in [1.165, 1.54) is 11.1 Å². The van der Waals surface area contributed by atoms with Crippen molar-refractivity contribution in [2.75, 3.05) is 26.2 Å². The van der Waals surface area contributed by atoms with Crippen molar-refractivity contribution in [3.63, 3.8) is 0 Å². The zero-order chi connectivity index (χ0) is 17.3. The number of carbonyl (C=O) groups excluding carboxylic acids is 1. The number of aliphatic hydroxyl groups is 1. The van der Waals surface area contributed by atoms with Gasteiger partial charge in [-0.1, -0.05) is 24.3 Å². The van der Waals surface area contributed by atoms with Crippen molar-refractivity contribution < 1.29 is 9.90 Å². The lowest BCUT2D eigenvalue weighted by Gasteiger charge is -2.34. The highest BCUT2D eigenvalue weighted by molar-refractivity contribution is 5.94. The van der Waals surface area contributed by atoms with E-state index in [1.54, 1.807) is 29.4 Å². The molecule has 0 bridgehead atoms. The molecule has 1 aromatic carbocycles. The monoisotopic (exact) mass is 337 g/mol. The Kier molecular flexibility index (Phi) is 4.27. The van der Waals surface area contributed by atoms with Crippen molar-refractivity contribution in [3.8, 4) is 0 Å². The van der Waals surface area contributed by atoms with Crippen LogP contribution in [0.15, 0.2) is 48.8 Å². The molecule has 5 nitrogen and oxygen atoms in total. The summed E-state index contributed by atoms with van der Waals surface area (Å²) in [5.74, 6) is -0.0481. The predicted molar refractivity (Wildman–Crippen MR) is 95.1 cm³/mol. The summed E-state index contributed by atoms with van der Waals surface area (Å²) in [6.45, 7) is 3.41. The molecule has 1 fully saturated rings. The Hall–Kier alpha value is -2.24. The normalized spacial score (nSPS) is 23.5. The maximum Gasteiger partial charge on any atom is 0.255 e. The predicted octanol–water partition coefficient (Wildman–Crippen LogP) is 1.72. The minimum Gasteiger partial charge on any atom is -0.387 e. The molecule has 1 N–H and O–H groups in total. The number of likely N-dealkylation sites (tertiary alicyclic amines) is 1. The Balaban J connectivity index is 1.40. The van der Waals surface area contributed by atoms with Gasteiger partial charge in [0, 0.05) is 38.6 Å². The molecule has 2 aromatic rings. The molecule has 1 amide bonds. The van der Waals surface area contributed by atoms with Crippen LogP contribution in [0.4, 0.5) is 0 Å². The van der Waals surface area contributed by atoms with Gasteiger partial charge in [-0.05, 0) is 36.1 Å². The fourth-order valence-corrected chi connectivity index (χ4v) is 3.94. The molecular formula is C20H23N3O2. The van der Waals surface area contributed by atoms with E-state index in [1.807, 2.05) is 0 Å². The van der Waals surface area contributed by atoms with E-state index in [0.29, 0.717) is 31.6 Å². The Morgan fingerprint density at radius 2 is 2.00 bits per heavy atom. The number of rotatable bonds is 3. The van der Waals surface area contributed by atoms with E-state index < -0.39 is 5.60 Å². The zero-order valence-electron chi connectivity index (χ0n) is 14.3. The summed E-state index contributed by atoms with van der Waals surface area (Å²) in [6.07, 6.45) is 4.88. The highest BCUT2D eigenvalue weighted by Gasteiger charge is 2.40. The summed E-state index contributed by atoms with van der Waals surface area (Å²) in [6, 6.07) is 12.0. The number of carbonyl (C=O) groups is 1. The van der Waals surface area contributed by atoms with Crippen molar-refractivity contribution in [1.29, 1.82) is 0 Å². The molecule has 1 atom stereocenters. The summed E-state index contributed by atoms with van der Waals surface area (Å²) in [5, 5.41) is 11.0. The number of amides is 1. The molecule has 3 heterocycles. The fourth-order valence-electron chi connectivity index (χ4n) is 3.94. The van der Waals surface area contributed by atoms with Crippen LogP contribution in [0, 0.1) is 0 Å². The molecule has 0 radical (unpaired) electrons. The molecule has 25 heavy (non-hydrogen) atoms. The van der Waals surface area contributed by atoms with E-state index >= 15 is 0 Å². The van der Waals surface area contributed by atoms with Gasteiger partial charge in [0.1, 0.15) is 0 Å². The average molecular weight is 337 g/mol. The second-order valence-electron chi connectivity index (χ2n) is 7.17. The number of aromatic nitrogens is 1. The van der Waals surface area contributed by atoms with Gasteiger partial charge in [-0.25, -0.2) is 0 Å². The zero-order valence-corrected chi connectivity index (χ0v) is 14.3. The maximum atomic E-state index is 12.6. The van der Waals surface area contributed by atoms with E-state index in [-0.39, 0.29) is 5.91 Å². The third kappa shape index (κ3) is 3.43. The van der Waals surface area contributed by atoms with E-state index in [4.69, 9.17) is 0 Å². The van der Waals surface area contributed by atoms with Crippen LogP contribution in [0.5, 0.6) is 0 Å². The second kappa shape index (κ2) is 6.58. The summed E-state index contributed by atoms with van der Waals surface area (Å²) in [5.41, 5.74) is 2.51. The third-order valence-electron chi connectivity index (χ3n) is 5.26. The number of pyridine rings is 1. The van der Waals surface area contributed by atoms with Gasteiger partial charge < -0.3 is 10.0 Å². The summed E-state index contributed by atoms with van der Waals surface area (Å²) >= 11 is 0. The molecule has 0 spiro atoms. The lowest BCUT2D eigenvalue weighted by atomic mass is 9.97. The lowest BCUT2D eigenvalue weighted by Crippen LogP contribution is -2.47. The lowest BCUT2D eigenvalue weighted by molar-refractivity contribution is 0.00805. The summed E-state index contributed by atoms with van der Waals surface area (Å²) in [4.78, 5) is 20.6. The van der Waals surface area contributed by atoms with Crippen molar-refractivity contribution in [3.05, 3.63) is 65.5 Å². The molecule has 1 unspecified atom stereocenters. The molecule has 4 rings (SSSR count). The molecule has 2 aliphatic heterocycles. The van der Waals surface area contributed by atoms with Gasteiger partial charge in [0.15, 0.2) is 0 Å². The van der Waals surface area contributed by atoms with Gasteiger partial charge in [-0.15, -0.1) is 0 Å². The van der Waals surface area contributed by atoms with Crippen LogP contribution in [0.25, 0.3) is 0 Å². The number of benzene rings is 1. The van der Waals surface area contributed by atoms with Crippen LogP contribution in [0.3, 0.4) is 0 Å². The first-order valence-electron chi connectivity index (χ1n) is 8.84. The number of hydrogen-bond acceptors (Lipinski definition) is 4. The van der Waals surface area contributed by atoms with E-state index in [0.717, 1.165) is 19.5 Å². The fraction of sp³-hybridized carbons (Fsp3) is 0.400. The average Bonchev–Trinajstić information content (AvgIpc) is 3.03. The number of hydrogen-bond donors (Lipinski definition) is 1. The van der Waals surface area contributed by atoms with Crippen molar-refractivity contribution in [1.82, 2.24) is 14.8 Å². The SMILES string of the molecule is O=C(c1cccnc1)N1CCC(O)(CN2CCc3ccccc3C2)C1. The van der Waals surface area contributed by atoms with Gasteiger partial charge in [0.2, 0.25) is 0 Å². The number of fused-ring (bicyclic) bond motifs is 1. The molecule has 2 aliphatic rings. The quantitative estimate of drug-likeness (QED) is 0.926. The summed E-state index contributed by atoms with van der Waals surface area (Å²) in [7, 11) is 0. The maximum absolute atomic E-state index is 12.6. The molecule has 0 aliphatic carbocycles. The number of β-amino-alcohol motifs (C(OH)–C–C–N with tert-alkyl or cyclic N) is 1. The van der Waals surface area contributed by atoms with Gasteiger partial charge >= 0.3 is 0 Å². The molecule has 0 saturated carbocycles. The Bertz CT molecular complexity index is 765. The van der Waals surface area contributed by atoms with Gasteiger partial charge in [-0.2, -0.15) is 0 Å². The van der Waals surface area contributed by atoms with E-state index in [2.05, 4.69) is 34.1 Å².